The zero-order valence-electron chi connectivity index (χ0n) is 17.0. The van der Waals surface area contributed by atoms with Crippen molar-refractivity contribution in [2.24, 2.45) is 0 Å². The summed E-state index contributed by atoms with van der Waals surface area (Å²) in [5.74, 6) is 2.02. The van der Waals surface area contributed by atoms with Crippen LogP contribution in [0.2, 0.25) is 0 Å². The molecular weight excluding hydrogens is 432 g/mol. The zero-order chi connectivity index (χ0) is 21.1. The molecule has 0 saturated carbocycles. The topological polar surface area (TPSA) is 60.2 Å². The Kier molecular flexibility index (Phi) is 6.55. The average molecular weight is 455 g/mol. The number of hydrogen-bond acceptors (Lipinski definition) is 7. The van der Waals surface area contributed by atoms with E-state index in [4.69, 9.17) is 0 Å². The van der Waals surface area contributed by atoms with Gasteiger partial charge < -0.3 is 0 Å². The maximum Gasteiger partial charge on any atom is 0.258 e. The van der Waals surface area contributed by atoms with Crippen LogP contribution in [-0.4, -0.2) is 19.6 Å². The highest BCUT2D eigenvalue weighted by Crippen LogP contribution is 2.32. The molecule has 4 aromatic rings. The molecule has 5 nitrogen and oxygen atoms in total. The van der Waals surface area contributed by atoms with Crippen LogP contribution in [-0.2, 0) is 11.5 Å². The van der Waals surface area contributed by atoms with Crippen LogP contribution in [0, 0.1) is 6.92 Å². The van der Waals surface area contributed by atoms with E-state index in [1.54, 1.807) is 45.3 Å². The van der Waals surface area contributed by atoms with Crippen molar-refractivity contribution in [3.63, 3.8) is 0 Å². The minimum absolute atomic E-state index is 0.0590. The lowest BCUT2D eigenvalue weighted by Gasteiger charge is -2.06. The Morgan fingerprint density at radius 3 is 2.40 bits per heavy atom. The van der Waals surface area contributed by atoms with E-state index in [1.165, 1.54) is 11.1 Å². The fraction of sp³-hybridized carbons (Fsp3) is 0.273. The molecule has 0 radical (unpaired) electrons. The van der Waals surface area contributed by atoms with Gasteiger partial charge in [-0.2, -0.15) is 0 Å². The molecular formula is C22H22N4OS3. The van der Waals surface area contributed by atoms with Crippen LogP contribution >= 0.6 is 34.9 Å². The molecule has 0 aliphatic rings. The van der Waals surface area contributed by atoms with Gasteiger partial charge in [0.05, 0.1) is 5.69 Å². The number of rotatable bonds is 7. The number of aryl methyl sites for hydroxylation is 1. The van der Waals surface area contributed by atoms with Gasteiger partial charge in [-0.3, -0.25) is 9.20 Å². The fourth-order valence-electron chi connectivity index (χ4n) is 2.93. The Bertz CT molecular complexity index is 1220. The van der Waals surface area contributed by atoms with Crippen LogP contribution in [0.5, 0.6) is 0 Å². The smallest absolute Gasteiger partial charge is 0.258 e. The first-order chi connectivity index (χ1) is 14.5. The molecule has 3 heterocycles. The van der Waals surface area contributed by atoms with Crippen molar-refractivity contribution in [3.05, 3.63) is 81.4 Å². The standard InChI is InChI=1S/C22H22N4OS3/c1-14(2)17-7-5-16(6-8-17)12-28-21-24-25-22(30-21)29-13-18-10-20(27)26-11-15(3)4-9-19(26)23-18/h4-11,14H,12-13H2,1-3H3. The lowest BCUT2D eigenvalue weighted by atomic mass is 10.0. The molecule has 4 rings (SSSR count). The molecule has 0 bridgehead atoms. The van der Waals surface area contributed by atoms with Gasteiger partial charge >= 0.3 is 0 Å². The van der Waals surface area contributed by atoms with Crippen molar-refractivity contribution in [2.75, 3.05) is 0 Å². The molecule has 154 valence electrons. The van der Waals surface area contributed by atoms with Gasteiger partial charge in [-0.05, 0) is 35.6 Å². The number of nitrogens with zero attached hydrogens (tertiary/aromatic N) is 4. The highest BCUT2D eigenvalue weighted by molar-refractivity contribution is 8.02. The molecule has 0 aliphatic carbocycles. The molecule has 0 atom stereocenters. The van der Waals surface area contributed by atoms with Gasteiger partial charge in [0.1, 0.15) is 5.65 Å². The minimum Gasteiger partial charge on any atom is -0.269 e. The van der Waals surface area contributed by atoms with Gasteiger partial charge in [-0.25, -0.2) is 4.98 Å². The van der Waals surface area contributed by atoms with Gasteiger partial charge in [0.15, 0.2) is 8.68 Å². The van der Waals surface area contributed by atoms with E-state index in [0.29, 0.717) is 17.3 Å². The van der Waals surface area contributed by atoms with E-state index < -0.39 is 0 Å². The summed E-state index contributed by atoms with van der Waals surface area (Å²) >= 11 is 4.84. The van der Waals surface area contributed by atoms with Crippen LogP contribution < -0.4 is 5.56 Å². The lowest BCUT2D eigenvalue weighted by molar-refractivity contribution is 0.866. The third-order valence-corrected chi connectivity index (χ3v) is 7.90. The van der Waals surface area contributed by atoms with Gasteiger partial charge in [0.25, 0.3) is 5.56 Å². The van der Waals surface area contributed by atoms with Crippen molar-refractivity contribution in [1.29, 1.82) is 0 Å². The third-order valence-electron chi connectivity index (χ3n) is 4.60. The number of thioether (sulfide) groups is 2. The second-order valence-electron chi connectivity index (χ2n) is 7.33. The maximum absolute atomic E-state index is 12.3. The molecule has 30 heavy (non-hydrogen) atoms. The summed E-state index contributed by atoms with van der Waals surface area (Å²) in [6.07, 6.45) is 1.81. The Balaban J connectivity index is 1.36. The van der Waals surface area contributed by atoms with Crippen molar-refractivity contribution in [1.82, 2.24) is 19.6 Å². The first kappa shape index (κ1) is 21.1. The second-order valence-corrected chi connectivity index (χ2v) is 10.8. The third kappa shape index (κ3) is 5.11. The number of aromatic nitrogens is 4. The first-order valence-electron chi connectivity index (χ1n) is 9.65. The van der Waals surface area contributed by atoms with Crippen molar-refractivity contribution in [2.45, 2.75) is 46.9 Å². The van der Waals surface area contributed by atoms with Crippen molar-refractivity contribution >= 4 is 40.5 Å². The molecule has 8 heteroatoms. The van der Waals surface area contributed by atoms with Gasteiger partial charge in [0.2, 0.25) is 0 Å². The second kappa shape index (κ2) is 9.32. The van der Waals surface area contributed by atoms with Crippen LogP contribution in [0.25, 0.3) is 5.65 Å². The zero-order valence-corrected chi connectivity index (χ0v) is 19.5. The number of hydrogen-bond donors (Lipinski definition) is 0. The average Bonchev–Trinajstić information content (AvgIpc) is 3.19. The van der Waals surface area contributed by atoms with Crippen LogP contribution in [0.3, 0.4) is 0 Å². The molecule has 0 aliphatic heterocycles. The summed E-state index contributed by atoms with van der Waals surface area (Å²) in [7, 11) is 0. The largest absolute Gasteiger partial charge is 0.269 e. The Hall–Kier alpha value is -2.16. The van der Waals surface area contributed by atoms with E-state index in [9.17, 15) is 4.79 Å². The van der Waals surface area contributed by atoms with Crippen molar-refractivity contribution in [3.8, 4) is 0 Å². The Morgan fingerprint density at radius 1 is 1.00 bits per heavy atom. The Morgan fingerprint density at radius 2 is 1.70 bits per heavy atom. The fourth-order valence-corrected chi connectivity index (χ4v) is 5.79. The molecule has 0 amide bonds. The van der Waals surface area contributed by atoms with Crippen LogP contribution in [0.1, 0.15) is 42.1 Å². The molecule has 0 fully saturated rings. The van der Waals surface area contributed by atoms with Gasteiger partial charge in [-0.15, -0.1) is 10.2 Å². The minimum atomic E-state index is -0.0590. The van der Waals surface area contributed by atoms with E-state index >= 15 is 0 Å². The van der Waals surface area contributed by atoms with E-state index in [-0.39, 0.29) is 5.56 Å². The predicted octanol–water partition coefficient (Wildman–Crippen LogP) is 5.56. The summed E-state index contributed by atoms with van der Waals surface area (Å²) in [6, 6.07) is 14.2. The molecule has 3 aromatic heterocycles. The number of fused-ring (bicyclic) bond motifs is 1. The lowest BCUT2D eigenvalue weighted by Crippen LogP contribution is -2.15. The monoisotopic (exact) mass is 454 g/mol. The normalized spacial score (nSPS) is 11.5. The Labute approximate surface area is 188 Å². The van der Waals surface area contributed by atoms with Gasteiger partial charge in [0, 0.05) is 23.8 Å². The molecule has 0 saturated heterocycles. The maximum atomic E-state index is 12.3. The summed E-state index contributed by atoms with van der Waals surface area (Å²) < 4.78 is 3.42. The molecule has 0 unspecified atom stereocenters. The highest BCUT2D eigenvalue weighted by atomic mass is 32.2. The SMILES string of the molecule is Cc1ccc2nc(CSc3nnc(SCc4ccc(C(C)C)cc4)s3)cc(=O)n2c1. The van der Waals surface area contributed by atoms with E-state index in [0.717, 1.165) is 25.7 Å². The van der Waals surface area contributed by atoms with E-state index in [1.807, 2.05) is 25.3 Å². The van der Waals surface area contributed by atoms with Crippen LogP contribution in [0.4, 0.5) is 0 Å². The molecule has 0 spiro atoms. The van der Waals surface area contributed by atoms with Crippen LogP contribution in [0.15, 0.2) is 62.1 Å². The molecule has 1 aromatic carbocycles. The first-order valence-corrected chi connectivity index (χ1v) is 12.4. The number of benzene rings is 1. The summed E-state index contributed by atoms with van der Waals surface area (Å²) in [6.45, 7) is 6.37. The quantitative estimate of drug-likeness (QED) is 0.341. The van der Waals surface area contributed by atoms with Gasteiger partial charge in [-0.1, -0.05) is 79.0 Å². The summed E-state index contributed by atoms with van der Waals surface area (Å²) in [5.41, 5.74) is 5.03. The summed E-state index contributed by atoms with van der Waals surface area (Å²) in [4.78, 5) is 16.9. The predicted molar refractivity (Wildman–Crippen MR) is 126 cm³/mol. The number of pyridine rings is 1. The summed E-state index contributed by atoms with van der Waals surface area (Å²) in [5, 5.41) is 8.57. The van der Waals surface area contributed by atoms with E-state index in [2.05, 4.69) is 53.3 Å². The highest BCUT2D eigenvalue weighted by Gasteiger charge is 2.09. The van der Waals surface area contributed by atoms with Crippen molar-refractivity contribution < 1.29 is 0 Å². The molecule has 0 N–H and O–H groups in total.